The Morgan fingerprint density at radius 2 is 1.61 bits per heavy atom. The molecule has 4 amide bonds. The quantitative estimate of drug-likeness (QED) is 0.592. The number of benzene rings is 3. The number of hydrogen-bond acceptors (Lipinski definition) is 4. The minimum atomic E-state index is -1.20. The summed E-state index contributed by atoms with van der Waals surface area (Å²) in [5.74, 6) is -0.0327. The molecule has 2 aliphatic heterocycles. The monoisotopic (exact) mass is 457 g/mol. The van der Waals surface area contributed by atoms with E-state index < -0.39 is 17.5 Å². The molecule has 2 unspecified atom stereocenters. The highest BCUT2D eigenvalue weighted by molar-refractivity contribution is 7.99. The van der Waals surface area contributed by atoms with E-state index in [0.29, 0.717) is 11.3 Å². The van der Waals surface area contributed by atoms with Gasteiger partial charge in [0.2, 0.25) is 5.91 Å². The molecule has 5 rings (SSSR count). The molecule has 2 atom stereocenters. The first-order valence-electron chi connectivity index (χ1n) is 10.8. The summed E-state index contributed by atoms with van der Waals surface area (Å²) >= 11 is 1.70. The molecule has 3 aromatic rings. The van der Waals surface area contributed by atoms with Crippen LogP contribution < -0.4 is 10.2 Å². The van der Waals surface area contributed by atoms with Gasteiger partial charge in [0, 0.05) is 10.6 Å². The SMILES string of the molecule is CC1(c2ccccc2)NC(=O)N(CC(=O)N2c3ccccc3SCC2c2ccccc2)C1=O. The maximum Gasteiger partial charge on any atom is 0.325 e. The third-order valence-electron chi connectivity index (χ3n) is 6.21. The standard InChI is InChI=1S/C26H23N3O3S/c1-26(19-12-6-3-7-13-19)24(31)28(25(32)27-26)16-23(30)29-20-14-8-9-15-22(20)33-17-21(29)18-10-4-2-5-11-18/h2-15,21H,16-17H2,1H3,(H,27,32). The lowest BCUT2D eigenvalue weighted by molar-refractivity contribution is -0.134. The molecule has 1 N–H and O–H groups in total. The van der Waals surface area contributed by atoms with Gasteiger partial charge in [-0.1, -0.05) is 72.8 Å². The smallest absolute Gasteiger partial charge is 0.319 e. The minimum Gasteiger partial charge on any atom is -0.319 e. The number of para-hydroxylation sites is 1. The van der Waals surface area contributed by atoms with E-state index in [4.69, 9.17) is 0 Å². The Morgan fingerprint density at radius 3 is 2.33 bits per heavy atom. The van der Waals surface area contributed by atoms with Crippen LogP contribution in [0, 0.1) is 0 Å². The summed E-state index contributed by atoms with van der Waals surface area (Å²) in [6.45, 7) is 1.35. The first-order chi connectivity index (χ1) is 16.0. The number of anilines is 1. The van der Waals surface area contributed by atoms with Gasteiger partial charge in [0.25, 0.3) is 5.91 Å². The zero-order valence-electron chi connectivity index (χ0n) is 18.1. The molecule has 6 nitrogen and oxygen atoms in total. The molecule has 0 radical (unpaired) electrons. The fourth-order valence-electron chi connectivity index (χ4n) is 4.44. The fraction of sp³-hybridized carbons (Fsp3) is 0.192. The van der Waals surface area contributed by atoms with Gasteiger partial charge in [-0.25, -0.2) is 4.79 Å². The fourth-order valence-corrected chi connectivity index (χ4v) is 5.61. The highest BCUT2D eigenvalue weighted by Gasteiger charge is 2.50. The van der Waals surface area contributed by atoms with E-state index in [1.807, 2.05) is 72.8 Å². The van der Waals surface area contributed by atoms with Gasteiger partial charge in [0.15, 0.2) is 0 Å². The average Bonchev–Trinajstić information content (AvgIpc) is 3.08. The maximum atomic E-state index is 13.7. The lowest BCUT2D eigenvalue weighted by Crippen LogP contribution is -2.47. The molecule has 0 saturated carbocycles. The molecular formula is C26H23N3O3S. The van der Waals surface area contributed by atoms with Gasteiger partial charge in [0.1, 0.15) is 12.1 Å². The third kappa shape index (κ3) is 3.68. The van der Waals surface area contributed by atoms with Crippen molar-refractivity contribution >= 4 is 35.3 Å². The first-order valence-corrected chi connectivity index (χ1v) is 11.8. The van der Waals surface area contributed by atoms with Crippen LogP contribution in [0.4, 0.5) is 10.5 Å². The van der Waals surface area contributed by atoms with Crippen molar-refractivity contribution in [2.24, 2.45) is 0 Å². The van der Waals surface area contributed by atoms with Crippen LogP contribution >= 0.6 is 11.8 Å². The van der Waals surface area contributed by atoms with E-state index in [1.165, 1.54) is 0 Å². The van der Waals surface area contributed by atoms with Crippen LogP contribution in [0.25, 0.3) is 0 Å². The van der Waals surface area contributed by atoms with Crippen molar-refractivity contribution in [2.45, 2.75) is 23.4 Å². The summed E-state index contributed by atoms with van der Waals surface area (Å²) in [7, 11) is 0. The number of urea groups is 1. The van der Waals surface area contributed by atoms with Gasteiger partial charge in [-0.15, -0.1) is 11.8 Å². The molecule has 1 fully saturated rings. The number of carbonyl (C=O) groups excluding carboxylic acids is 3. The Kier molecular flexibility index (Phi) is 5.42. The topological polar surface area (TPSA) is 69.7 Å². The summed E-state index contributed by atoms with van der Waals surface area (Å²) < 4.78 is 0. The molecule has 2 aliphatic rings. The summed E-state index contributed by atoms with van der Waals surface area (Å²) in [6, 6.07) is 25.9. The molecule has 0 aliphatic carbocycles. The van der Waals surface area contributed by atoms with Crippen LogP contribution in [0.15, 0.2) is 89.8 Å². The maximum absolute atomic E-state index is 13.7. The average molecular weight is 458 g/mol. The van der Waals surface area contributed by atoms with Crippen molar-refractivity contribution < 1.29 is 14.4 Å². The van der Waals surface area contributed by atoms with E-state index in [-0.39, 0.29) is 18.5 Å². The number of carbonyl (C=O) groups is 3. The lowest BCUT2D eigenvalue weighted by Gasteiger charge is -2.37. The number of nitrogens with zero attached hydrogens (tertiary/aromatic N) is 2. The minimum absolute atomic E-state index is 0.195. The molecular weight excluding hydrogens is 434 g/mol. The van der Waals surface area contributed by atoms with Crippen LogP contribution in [0.1, 0.15) is 24.1 Å². The molecule has 0 bridgehead atoms. The lowest BCUT2D eigenvalue weighted by atomic mass is 9.92. The highest BCUT2D eigenvalue weighted by atomic mass is 32.2. The highest BCUT2D eigenvalue weighted by Crippen LogP contribution is 2.43. The van der Waals surface area contributed by atoms with Gasteiger partial charge in [-0.05, 0) is 30.2 Å². The van der Waals surface area contributed by atoms with Crippen molar-refractivity contribution in [2.75, 3.05) is 17.2 Å². The predicted molar refractivity (Wildman–Crippen MR) is 128 cm³/mol. The van der Waals surface area contributed by atoms with Crippen molar-refractivity contribution in [3.63, 3.8) is 0 Å². The van der Waals surface area contributed by atoms with Crippen LogP contribution in [0.5, 0.6) is 0 Å². The summed E-state index contributed by atoms with van der Waals surface area (Å²) in [5, 5.41) is 2.78. The van der Waals surface area contributed by atoms with Crippen molar-refractivity contribution in [1.29, 1.82) is 0 Å². The van der Waals surface area contributed by atoms with Gasteiger partial charge in [-0.3, -0.25) is 14.5 Å². The first kappa shape index (κ1) is 21.3. The molecule has 0 aromatic heterocycles. The third-order valence-corrected chi connectivity index (χ3v) is 7.34. The second kappa shape index (κ2) is 8.41. The molecule has 7 heteroatoms. The van der Waals surface area contributed by atoms with Crippen molar-refractivity contribution in [3.05, 3.63) is 96.1 Å². The molecule has 0 spiro atoms. The van der Waals surface area contributed by atoms with Gasteiger partial charge in [-0.2, -0.15) is 0 Å². The number of nitrogens with one attached hydrogen (secondary N) is 1. The van der Waals surface area contributed by atoms with Crippen LogP contribution in [0.2, 0.25) is 0 Å². The number of rotatable bonds is 4. The number of imide groups is 1. The van der Waals surface area contributed by atoms with E-state index in [9.17, 15) is 14.4 Å². The predicted octanol–water partition coefficient (Wildman–Crippen LogP) is 4.33. The second-order valence-corrected chi connectivity index (χ2v) is 9.34. The molecule has 3 aromatic carbocycles. The van der Waals surface area contributed by atoms with Crippen LogP contribution in [-0.2, 0) is 15.1 Å². The van der Waals surface area contributed by atoms with E-state index in [2.05, 4.69) is 5.32 Å². The zero-order chi connectivity index (χ0) is 23.0. The van der Waals surface area contributed by atoms with Crippen molar-refractivity contribution in [3.8, 4) is 0 Å². The largest absolute Gasteiger partial charge is 0.325 e. The normalized spacial score (nSPS) is 22.2. The van der Waals surface area contributed by atoms with Gasteiger partial charge in [0.05, 0.1) is 11.7 Å². The van der Waals surface area contributed by atoms with Gasteiger partial charge >= 0.3 is 6.03 Å². The Balaban J connectivity index is 1.46. The van der Waals surface area contributed by atoms with E-state index in [0.717, 1.165) is 21.0 Å². The summed E-state index contributed by atoms with van der Waals surface area (Å²) in [4.78, 5) is 43.6. The number of amides is 4. The molecule has 33 heavy (non-hydrogen) atoms. The molecule has 2 heterocycles. The number of fused-ring (bicyclic) bond motifs is 1. The van der Waals surface area contributed by atoms with E-state index in [1.54, 1.807) is 35.7 Å². The van der Waals surface area contributed by atoms with Crippen molar-refractivity contribution in [1.82, 2.24) is 10.2 Å². The molecule has 1 saturated heterocycles. The Bertz CT molecular complexity index is 1220. The number of thioether (sulfide) groups is 1. The molecule has 166 valence electrons. The van der Waals surface area contributed by atoms with Crippen LogP contribution in [0.3, 0.4) is 0 Å². The summed E-state index contributed by atoms with van der Waals surface area (Å²) in [5.41, 5.74) is 1.29. The Morgan fingerprint density at radius 1 is 0.970 bits per heavy atom. The summed E-state index contributed by atoms with van der Waals surface area (Å²) in [6.07, 6.45) is 0. The van der Waals surface area contributed by atoms with Gasteiger partial charge < -0.3 is 10.2 Å². The Hall–Kier alpha value is -3.58. The van der Waals surface area contributed by atoms with E-state index >= 15 is 0 Å². The second-order valence-electron chi connectivity index (χ2n) is 8.28. The zero-order valence-corrected chi connectivity index (χ0v) is 18.9. The Labute approximate surface area is 196 Å². The number of hydrogen-bond donors (Lipinski definition) is 1. The van der Waals surface area contributed by atoms with Crippen LogP contribution in [-0.4, -0.2) is 35.0 Å².